The van der Waals surface area contributed by atoms with Crippen molar-refractivity contribution >= 4 is 27.3 Å². The van der Waals surface area contributed by atoms with Crippen LogP contribution in [-0.4, -0.2) is 38.1 Å². The highest BCUT2D eigenvalue weighted by atomic mass is 32.1. The van der Waals surface area contributed by atoms with Gasteiger partial charge in [-0.05, 0) is 49.7 Å². The van der Waals surface area contributed by atoms with Crippen LogP contribution >= 0.6 is 11.3 Å². The van der Waals surface area contributed by atoms with Crippen molar-refractivity contribution in [3.05, 3.63) is 35.0 Å². The summed E-state index contributed by atoms with van der Waals surface area (Å²) >= 11 is 1.21. The van der Waals surface area contributed by atoms with Crippen molar-refractivity contribution in [2.24, 2.45) is 0 Å². The van der Waals surface area contributed by atoms with Gasteiger partial charge in [-0.3, -0.25) is 4.79 Å². The number of carbonyl (C=O) groups is 1. The average Bonchev–Trinajstić information content (AvgIpc) is 3.13. The van der Waals surface area contributed by atoms with Gasteiger partial charge in [-0.2, -0.15) is 0 Å². The van der Waals surface area contributed by atoms with E-state index in [1.165, 1.54) is 49.5 Å². The summed E-state index contributed by atoms with van der Waals surface area (Å²) < 4.78 is 14.3. The van der Waals surface area contributed by atoms with Crippen LogP contribution in [0.25, 0.3) is 10.1 Å². The third kappa shape index (κ3) is 6.26. The number of fused-ring (bicyclic) bond motifs is 1. The molecule has 0 aliphatic heterocycles. The monoisotopic (exact) mass is 391 g/mol. The van der Waals surface area contributed by atoms with Crippen molar-refractivity contribution in [3.63, 3.8) is 0 Å². The number of halogens is 1. The number of hydrogen-bond acceptors (Lipinski definition) is 4. The Hall–Kier alpha value is -1.50. The van der Waals surface area contributed by atoms with E-state index in [1.807, 2.05) is 6.07 Å². The summed E-state index contributed by atoms with van der Waals surface area (Å²) in [5, 5.41) is 10.8. The molecule has 1 aliphatic rings. The largest absolute Gasteiger partial charge is 0.351 e. The van der Waals surface area contributed by atoms with Gasteiger partial charge < -0.3 is 16.0 Å². The van der Waals surface area contributed by atoms with Gasteiger partial charge in [0.2, 0.25) is 0 Å². The smallest absolute Gasteiger partial charge is 0.261 e. The zero-order chi connectivity index (χ0) is 18.9. The van der Waals surface area contributed by atoms with Crippen LogP contribution < -0.4 is 16.0 Å². The van der Waals surface area contributed by atoms with Gasteiger partial charge in [0.05, 0.1) is 9.58 Å². The fourth-order valence-electron chi connectivity index (χ4n) is 3.60. The first-order valence-corrected chi connectivity index (χ1v) is 11.0. The molecule has 3 rings (SSSR count). The number of carbonyl (C=O) groups excluding carboxylic acids is 1. The SMILES string of the molecule is O=C(NCCCCNCCNC1CCCCC1)c1cc2cccc(F)c2s1. The number of benzene rings is 1. The van der Waals surface area contributed by atoms with Gasteiger partial charge in [0.15, 0.2) is 0 Å². The summed E-state index contributed by atoms with van der Waals surface area (Å²) in [5.74, 6) is -0.374. The van der Waals surface area contributed by atoms with E-state index in [0.29, 0.717) is 16.1 Å². The molecule has 148 valence electrons. The zero-order valence-electron chi connectivity index (χ0n) is 15.9. The minimum atomic E-state index is -0.263. The Morgan fingerprint density at radius 1 is 1.07 bits per heavy atom. The lowest BCUT2D eigenvalue weighted by Gasteiger charge is -2.22. The van der Waals surface area contributed by atoms with Crippen molar-refractivity contribution < 1.29 is 9.18 Å². The predicted molar refractivity (Wildman–Crippen MR) is 111 cm³/mol. The number of rotatable bonds is 10. The average molecular weight is 392 g/mol. The number of unbranched alkanes of at least 4 members (excludes halogenated alkanes) is 1. The number of amides is 1. The Labute approximate surface area is 164 Å². The second kappa shape index (κ2) is 10.7. The van der Waals surface area contributed by atoms with Crippen LogP contribution in [0.4, 0.5) is 4.39 Å². The highest BCUT2D eigenvalue weighted by Crippen LogP contribution is 2.27. The fraction of sp³-hybridized carbons (Fsp3) is 0.571. The maximum absolute atomic E-state index is 13.7. The number of thiophene rings is 1. The highest BCUT2D eigenvalue weighted by Gasteiger charge is 2.12. The van der Waals surface area contributed by atoms with Gasteiger partial charge in [0.25, 0.3) is 5.91 Å². The summed E-state index contributed by atoms with van der Waals surface area (Å²) in [5.41, 5.74) is 0. The second-order valence-electron chi connectivity index (χ2n) is 7.27. The summed E-state index contributed by atoms with van der Waals surface area (Å²) in [7, 11) is 0. The topological polar surface area (TPSA) is 53.2 Å². The lowest BCUT2D eigenvalue weighted by atomic mass is 9.95. The summed E-state index contributed by atoms with van der Waals surface area (Å²) in [4.78, 5) is 12.8. The molecular formula is C21H30FN3OS. The standard InChI is InChI=1S/C21H30FN3OS/c22-18-10-6-7-16-15-19(27-20(16)18)21(26)25-12-5-4-11-23-13-14-24-17-8-2-1-3-9-17/h6-7,10,15,17,23-24H,1-5,8-9,11-14H2,(H,25,26). The van der Waals surface area contributed by atoms with Crippen LogP contribution in [-0.2, 0) is 0 Å². The predicted octanol–water partition coefficient (Wildman–Crippen LogP) is 4.06. The minimum absolute atomic E-state index is 0.111. The Morgan fingerprint density at radius 3 is 2.70 bits per heavy atom. The highest BCUT2D eigenvalue weighted by molar-refractivity contribution is 7.20. The van der Waals surface area contributed by atoms with Crippen LogP contribution in [0.3, 0.4) is 0 Å². The minimum Gasteiger partial charge on any atom is -0.351 e. The summed E-state index contributed by atoms with van der Waals surface area (Å²) in [6.45, 7) is 3.65. The molecular weight excluding hydrogens is 361 g/mol. The lowest BCUT2D eigenvalue weighted by Crippen LogP contribution is -2.36. The first kappa shape index (κ1) is 20.2. The molecule has 1 aliphatic carbocycles. The van der Waals surface area contributed by atoms with E-state index < -0.39 is 0 Å². The Balaban J connectivity index is 1.23. The summed E-state index contributed by atoms with van der Waals surface area (Å²) in [6.07, 6.45) is 8.75. The molecule has 1 aromatic carbocycles. The molecule has 1 heterocycles. The molecule has 0 unspecified atom stereocenters. The first-order chi connectivity index (χ1) is 13.2. The molecule has 1 saturated carbocycles. The Morgan fingerprint density at radius 2 is 1.89 bits per heavy atom. The van der Waals surface area contributed by atoms with E-state index >= 15 is 0 Å². The molecule has 1 amide bonds. The third-order valence-electron chi connectivity index (χ3n) is 5.13. The Bertz CT molecular complexity index is 727. The van der Waals surface area contributed by atoms with E-state index in [2.05, 4.69) is 16.0 Å². The van der Waals surface area contributed by atoms with Crippen molar-refractivity contribution in [1.29, 1.82) is 0 Å². The van der Waals surface area contributed by atoms with Gasteiger partial charge in [0.1, 0.15) is 5.82 Å². The van der Waals surface area contributed by atoms with Crippen LogP contribution in [0, 0.1) is 5.82 Å². The number of hydrogen-bond donors (Lipinski definition) is 3. The van der Waals surface area contributed by atoms with Gasteiger partial charge in [0, 0.05) is 25.7 Å². The molecule has 0 spiro atoms. The van der Waals surface area contributed by atoms with Crippen molar-refractivity contribution in [2.45, 2.75) is 51.0 Å². The molecule has 2 aromatic rings. The molecule has 3 N–H and O–H groups in total. The number of nitrogens with one attached hydrogen (secondary N) is 3. The molecule has 1 fully saturated rings. The quantitative estimate of drug-likeness (QED) is 0.535. The fourth-order valence-corrected chi connectivity index (χ4v) is 4.58. The van der Waals surface area contributed by atoms with Crippen LogP contribution in [0.2, 0.25) is 0 Å². The lowest BCUT2D eigenvalue weighted by molar-refractivity contribution is 0.0957. The molecule has 1 aromatic heterocycles. The molecule has 0 bridgehead atoms. The molecule has 6 heteroatoms. The normalized spacial score (nSPS) is 15.3. The van der Waals surface area contributed by atoms with Crippen molar-refractivity contribution in [3.8, 4) is 0 Å². The third-order valence-corrected chi connectivity index (χ3v) is 6.28. The van der Waals surface area contributed by atoms with Crippen LogP contribution in [0.15, 0.2) is 24.3 Å². The van der Waals surface area contributed by atoms with E-state index in [1.54, 1.807) is 12.1 Å². The zero-order valence-corrected chi connectivity index (χ0v) is 16.7. The van der Waals surface area contributed by atoms with E-state index in [0.717, 1.165) is 43.9 Å². The molecule has 0 saturated heterocycles. The van der Waals surface area contributed by atoms with E-state index in [9.17, 15) is 9.18 Å². The van der Waals surface area contributed by atoms with Crippen LogP contribution in [0.1, 0.15) is 54.6 Å². The van der Waals surface area contributed by atoms with Gasteiger partial charge in [-0.15, -0.1) is 11.3 Å². The van der Waals surface area contributed by atoms with Gasteiger partial charge in [-0.25, -0.2) is 4.39 Å². The van der Waals surface area contributed by atoms with E-state index in [-0.39, 0.29) is 11.7 Å². The van der Waals surface area contributed by atoms with Crippen LogP contribution in [0.5, 0.6) is 0 Å². The van der Waals surface area contributed by atoms with Gasteiger partial charge in [-0.1, -0.05) is 31.4 Å². The molecule has 4 nitrogen and oxygen atoms in total. The van der Waals surface area contributed by atoms with E-state index in [4.69, 9.17) is 0 Å². The molecule has 27 heavy (non-hydrogen) atoms. The second-order valence-corrected chi connectivity index (χ2v) is 8.32. The maximum Gasteiger partial charge on any atom is 0.261 e. The Kier molecular flexibility index (Phi) is 8.05. The van der Waals surface area contributed by atoms with Crippen molar-refractivity contribution in [2.75, 3.05) is 26.2 Å². The summed E-state index contributed by atoms with van der Waals surface area (Å²) in [6, 6.07) is 7.42. The van der Waals surface area contributed by atoms with Gasteiger partial charge >= 0.3 is 0 Å². The van der Waals surface area contributed by atoms with Crippen molar-refractivity contribution in [1.82, 2.24) is 16.0 Å². The molecule has 0 radical (unpaired) electrons. The maximum atomic E-state index is 13.7. The first-order valence-electron chi connectivity index (χ1n) is 10.1. The molecule has 0 atom stereocenters.